The number of anilines is 1. The van der Waals surface area contributed by atoms with Gasteiger partial charge in [-0.3, -0.25) is 9.78 Å². The number of hydrogen-bond donors (Lipinski definition) is 1. The predicted octanol–water partition coefficient (Wildman–Crippen LogP) is 5.22. The van der Waals surface area contributed by atoms with Crippen LogP contribution in [0.3, 0.4) is 0 Å². The lowest BCUT2D eigenvalue weighted by Gasteiger charge is -2.08. The smallest absolute Gasteiger partial charge is 0.286 e. The van der Waals surface area contributed by atoms with Crippen LogP contribution in [0.15, 0.2) is 69.1 Å². The van der Waals surface area contributed by atoms with Crippen molar-refractivity contribution in [1.82, 2.24) is 4.98 Å². The molecule has 0 saturated heterocycles. The zero-order valence-corrected chi connectivity index (χ0v) is 15.6. The molecule has 1 N–H and O–H groups in total. The van der Waals surface area contributed by atoms with E-state index < -0.39 is 5.82 Å². The molecular formula is C19H11BrFN3OS. The Morgan fingerprint density at radius 2 is 1.92 bits per heavy atom. The molecule has 4 rings (SSSR count). The minimum atomic E-state index is -0.425. The van der Waals surface area contributed by atoms with Crippen molar-refractivity contribution in [3.63, 3.8) is 0 Å². The highest BCUT2D eigenvalue weighted by molar-refractivity contribution is 9.10. The van der Waals surface area contributed by atoms with Gasteiger partial charge in [0.15, 0.2) is 5.17 Å². The molecule has 0 unspecified atom stereocenters. The molecule has 0 bridgehead atoms. The standard InChI is InChI=1S/C19H11BrFN3OS/c20-13-7-2-8-14(21)17(13)23-19-24-18(25)15(26-19)10-12-5-1-4-11-6-3-9-22-16(11)12/h1-10H,(H,23,24,25). The Morgan fingerprint density at radius 1 is 1.12 bits per heavy atom. The van der Waals surface area contributed by atoms with Gasteiger partial charge < -0.3 is 5.32 Å². The predicted molar refractivity (Wildman–Crippen MR) is 107 cm³/mol. The summed E-state index contributed by atoms with van der Waals surface area (Å²) in [4.78, 5) is 21.1. The van der Waals surface area contributed by atoms with E-state index in [0.717, 1.165) is 16.5 Å². The number of rotatable bonds is 2. The van der Waals surface area contributed by atoms with E-state index in [1.54, 1.807) is 24.4 Å². The second-order valence-electron chi connectivity index (χ2n) is 5.48. The summed E-state index contributed by atoms with van der Waals surface area (Å²) in [6, 6.07) is 14.3. The number of halogens is 2. The van der Waals surface area contributed by atoms with Crippen LogP contribution in [0.5, 0.6) is 0 Å². The van der Waals surface area contributed by atoms with Crippen LogP contribution < -0.4 is 5.32 Å². The summed E-state index contributed by atoms with van der Waals surface area (Å²) >= 11 is 4.46. The highest BCUT2D eigenvalue weighted by Crippen LogP contribution is 2.33. The van der Waals surface area contributed by atoms with Crippen molar-refractivity contribution in [2.75, 3.05) is 5.32 Å². The van der Waals surface area contributed by atoms with Crippen molar-refractivity contribution in [3.8, 4) is 0 Å². The number of amidine groups is 1. The number of hydrogen-bond acceptors (Lipinski definition) is 4. The summed E-state index contributed by atoms with van der Waals surface area (Å²) in [6.07, 6.45) is 3.48. The molecule has 1 aliphatic heterocycles. The number of nitrogens with zero attached hydrogens (tertiary/aromatic N) is 2. The van der Waals surface area contributed by atoms with E-state index in [1.807, 2.05) is 30.3 Å². The van der Waals surface area contributed by atoms with Gasteiger partial charge in [-0.25, -0.2) is 4.39 Å². The average molecular weight is 428 g/mol. The number of carbonyl (C=O) groups excluding carboxylic acids is 1. The van der Waals surface area contributed by atoms with Crippen LogP contribution in [0.25, 0.3) is 17.0 Å². The molecule has 0 atom stereocenters. The number of nitrogens with one attached hydrogen (secondary N) is 1. The second-order valence-corrected chi connectivity index (χ2v) is 7.36. The Kier molecular flexibility index (Phi) is 4.57. The van der Waals surface area contributed by atoms with E-state index in [0.29, 0.717) is 14.5 Å². The van der Waals surface area contributed by atoms with Gasteiger partial charge >= 0.3 is 0 Å². The molecule has 1 aliphatic rings. The number of aliphatic imine (C=N–C) groups is 1. The van der Waals surface area contributed by atoms with Gasteiger partial charge in [-0.05, 0) is 52.0 Å². The largest absolute Gasteiger partial charge is 0.331 e. The van der Waals surface area contributed by atoms with Crippen molar-refractivity contribution in [3.05, 3.63) is 75.5 Å². The van der Waals surface area contributed by atoms with Crippen LogP contribution in [0.1, 0.15) is 5.56 Å². The maximum atomic E-state index is 14.0. The molecule has 4 nitrogen and oxygen atoms in total. The SMILES string of the molecule is O=C1N=C(Nc2c(F)cccc2Br)SC1=Cc1cccc2cccnc12. The molecular weight excluding hydrogens is 417 g/mol. The Balaban J connectivity index is 1.63. The lowest BCUT2D eigenvalue weighted by molar-refractivity contribution is -0.113. The first-order valence-corrected chi connectivity index (χ1v) is 9.30. The van der Waals surface area contributed by atoms with Crippen LogP contribution in [-0.2, 0) is 4.79 Å². The third-order valence-electron chi connectivity index (χ3n) is 3.77. The maximum absolute atomic E-state index is 14.0. The summed E-state index contributed by atoms with van der Waals surface area (Å²) in [5.41, 5.74) is 1.90. The summed E-state index contributed by atoms with van der Waals surface area (Å²) in [5, 5.41) is 4.20. The minimum absolute atomic E-state index is 0.250. The van der Waals surface area contributed by atoms with E-state index in [9.17, 15) is 9.18 Å². The van der Waals surface area contributed by atoms with Gasteiger partial charge in [0.05, 0.1) is 16.1 Å². The number of pyridine rings is 1. The zero-order chi connectivity index (χ0) is 18.1. The van der Waals surface area contributed by atoms with E-state index in [-0.39, 0.29) is 11.6 Å². The molecule has 2 heterocycles. The average Bonchev–Trinajstić information content (AvgIpc) is 2.98. The summed E-state index contributed by atoms with van der Waals surface area (Å²) < 4.78 is 14.5. The molecule has 7 heteroatoms. The number of para-hydroxylation sites is 2. The third-order valence-corrected chi connectivity index (χ3v) is 5.33. The second kappa shape index (κ2) is 7.01. The fourth-order valence-corrected chi connectivity index (χ4v) is 3.82. The van der Waals surface area contributed by atoms with Crippen LogP contribution in [-0.4, -0.2) is 16.1 Å². The quantitative estimate of drug-likeness (QED) is 0.569. The lowest BCUT2D eigenvalue weighted by atomic mass is 10.1. The number of amides is 1. The molecule has 1 aromatic heterocycles. The number of aromatic nitrogens is 1. The Bertz CT molecular complexity index is 1070. The first-order valence-electron chi connectivity index (χ1n) is 7.69. The Hall–Kier alpha value is -2.51. The molecule has 1 amide bonds. The highest BCUT2D eigenvalue weighted by atomic mass is 79.9. The maximum Gasteiger partial charge on any atom is 0.286 e. The van der Waals surface area contributed by atoms with Gasteiger partial charge in [0.25, 0.3) is 5.91 Å². The van der Waals surface area contributed by atoms with Crippen molar-refractivity contribution < 1.29 is 9.18 Å². The van der Waals surface area contributed by atoms with Gasteiger partial charge in [-0.1, -0.05) is 30.3 Å². The fraction of sp³-hybridized carbons (Fsp3) is 0. The molecule has 128 valence electrons. The molecule has 0 radical (unpaired) electrons. The van der Waals surface area contributed by atoms with Gasteiger partial charge in [0.2, 0.25) is 0 Å². The van der Waals surface area contributed by atoms with E-state index in [2.05, 4.69) is 31.2 Å². The molecule has 0 fully saturated rings. The van der Waals surface area contributed by atoms with Gasteiger partial charge in [-0.15, -0.1) is 0 Å². The van der Waals surface area contributed by atoms with Gasteiger partial charge in [0, 0.05) is 21.6 Å². The molecule has 3 aromatic rings. The van der Waals surface area contributed by atoms with Crippen LogP contribution in [0.2, 0.25) is 0 Å². The zero-order valence-electron chi connectivity index (χ0n) is 13.2. The van der Waals surface area contributed by atoms with Crippen LogP contribution in [0, 0.1) is 5.82 Å². The lowest BCUT2D eigenvalue weighted by Crippen LogP contribution is -2.07. The normalized spacial score (nSPS) is 15.5. The van der Waals surface area contributed by atoms with E-state index in [4.69, 9.17) is 0 Å². The Labute approximate surface area is 161 Å². The van der Waals surface area contributed by atoms with Crippen molar-refractivity contribution >= 4 is 61.4 Å². The monoisotopic (exact) mass is 427 g/mol. The highest BCUT2D eigenvalue weighted by Gasteiger charge is 2.23. The van der Waals surface area contributed by atoms with E-state index in [1.165, 1.54) is 17.8 Å². The number of benzene rings is 2. The van der Waals surface area contributed by atoms with Crippen LogP contribution >= 0.6 is 27.7 Å². The molecule has 0 spiro atoms. The first kappa shape index (κ1) is 16.9. The van der Waals surface area contributed by atoms with Crippen LogP contribution in [0.4, 0.5) is 10.1 Å². The summed E-state index contributed by atoms with van der Waals surface area (Å²) in [5.74, 6) is -0.788. The summed E-state index contributed by atoms with van der Waals surface area (Å²) in [7, 11) is 0. The van der Waals surface area contributed by atoms with Crippen molar-refractivity contribution in [1.29, 1.82) is 0 Å². The number of fused-ring (bicyclic) bond motifs is 1. The third kappa shape index (κ3) is 3.27. The Morgan fingerprint density at radius 3 is 2.77 bits per heavy atom. The molecule has 26 heavy (non-hydrogen) atoms. The van der Waals surface area contributed by atoms with Crippen molar-refractivity contribution in [2.24, 2.45) is 4.99 Å². The van der Waals surface area contributed by atoms with E-state index >= 15 is 0 Å². The fourth-order valence-electron chi connectivity index (χ4n) is 2.57. The summed E-state index contributed by atoms with van der Waals surface area (Å²) in [6.45, 7) is 0. The number of carbonyl (C=O) groups is 1. The molecule has 0 aliphatic carbocycles. The van der Waals surface area contributed by atoms with Gasteiger partial charge in [0.1, 0.15) is 5.82 Å². The molecule has 2 aromatic carbocycles. The minimum Gasteiger partial charge on any atom is -0.331 e. The topological polar surface area (TPSA) is 54.4 Å². The first-order chi connectivity index (χ1) is 12.6. The van der Waals surface area contributed by atoms with Crippen molar-refractivity contribution in [2.45, 2.75) is 0 Å². The molecule has 0 saturated carbocycles. The number of thioether (sulfide) groups is 1. The van der Waals surface area contributed by atoms with Gasteiger partial charge in [-0.2, -0.15) is 4.99 Å².